The fraction of sp³-hybridized carbons (Fsp3) is 0.133. The molecule has 2 rings (SSSR count). The predicted molar refractivity (Wildman–Crippen MR) is 83.0 cm³/mol. The number of nitrogens with zero attached hydrogens (tertiary/aromatic N) is 1. The van der Waals surface area contributed by atoms with Crippen molar-refractivity contribution in [1.82, 2.24) is 10.7 Å². The highest BCUT2D eigenvalue weighted by atomic mass is 32.1. The monoisotopic (exact) mass is 301 g/mol. The lowest BCUT2D eigenvalue weighted by Crippen LogP contribution is -2.37. The molecule has 0 bridgehead atoms. The van der Waals surface area contributed by atoms with Crippen molar-refractivity contribution in [3.8, 4) is 0 Å². The first-order valence-corrected chi connectivity index (χ1v) is 7.25. The van der Waals surface area contributed by atoms with Crippen LogP contribution in [0.15, 0.2) is 52.9 Å². The van der Waals surface area contributed by atoms with Gasteiger partial charge in [-0.3, -0.25) is 9.59 Å². The lowest BCUT2D eigenvalue weighted by atomic mass is 10.2. The number of carbonyl (C=O) groups is 2. The molecule has 108 valence electrons. The Bertz CT molecular complexity index is 636. The highest BCUT2D eigenvalue weighted by Gasteiger charge is 2.12. The van der Waals surface area contributed by atoms with Crippen molar-refractivity contribution in [2.45, 2.75) is 13.5 Å². The Balaban J connectivity index is 1.83. The molecular weight excluding hydrogens is 286 g/mol. The normalized spacial score (nSPS) is 11.0. The van der Waals surface area contributed by atoms with Gasteiger partial charge in [0.1, 0.15) is 0 Å². The highest BCUT2D eigenvalue weighted by molar-refractivity contribution is 7.12. The summed E-state index contributed by atoms with van der Waals surface area (Å²) in [5.74, 6) is -1.48. The minimum absolute atomic E-state index is 0.306. The van der Waals surface area contributed by atoms with E-state index in [9.17, 15) is 9.59 Å². The van der Waals surface area contributed by atoms with E-state index in [1.165, 1.54) is 11.3 Å². The van der Waals surface area contributed by atoms with E-state index in [2.05, 4.69) is 15.8 Å². The Hall–Kier alpha value is -2.47. The summed E-state index contributed by atoms with van der Waals surface area (Å²) < 4.78 is 0. The molecule has 21 heavy (non-hydrogen) atoms. The molecule has 0 radical (unpaired) electrons. The second-order valence-electron chi connectivity index (χ2n) is 4.28. The maximum absolute atomic E-state index is 11.6. The van der Waals surface area contributed by atoms with Gasteiger partial charge in [0.05, 0.1) is 5.71 Å². The standard InChI is InChI=1S/C15H15N3O2S/c1-11(13-8-5-9-21-13)17-18-15(20)14(19)16-10-12-6-3-2-4-7-12/h2-9H,10H2,1H3,(H,16,19)(H,18,20)/b17-11+. The Morgan fingerprint density at radius 3 is 2.52 bits per heavy atom. The molecule has 2 amide bonds. The van der Waals surface area contributed by atoms with E-state index in [1.54, 1.807) is 6.92 Å². The lowest BCUT2D eigenvalue weighted by molar-refractivity contribution is -0.139. The molecule has 0 aliphatic rings. The van der Waals surface area contributed by atoms with Gasteiger partial charge in [0, 0.05) is 11.4 Å². The Labute approximate surface area is 126 Å². The molecule has 0 fully saturated rings. The average Bonchev–Trinajstić information content (AvgIpc) is 3.05. The Morgan fingerprint density at radius 1 is 1.10 bits per heavy atom. The van der Waals surface area contributed by atoms with Crippen LogP contribution >= 0.6 is 11.3 Å². The quantitative estimate of drug-likeness (QED) is 0.514. The molecule has 0 saturated carbocycles. The third-order valence-electron chi connectivity index (χ3n) is 2.71. The second kappa shape index (κ2) is 7.35. The number of amides is 2. The predicted octanol–water partition coefficient (Wildman–Crippen LogP) is 1.90. The molecule has 2 N–H and O–H groups in total. The van der Waals surface area contributed by atoms with Gasteiger partial charge >= 0.3 is 11.8 Å². The molecule has 6 heteroatoms. The molecule has 0 atom stereocenters. The molecule has 1 aromatic carbocycles. The highest BCUT2D eigenvalue weighted by Crippen LogP contribution is 2.09. The second-order valence-corrected chi connectivity index (χ2v) is 5.23. The molecule has 2 aromatic rings. The number of hydrogen-bond acceptors (Lipinski definition) is 4. The molecule has 1 heterocycles. The molecule has 1 aromatic heterocycles. The summed E-state index contributed by atoms with van der Waals surface area (Å²) in [5, 5.41) is 8.37. The largest absolute Gasteiger partial charge is 0.344 e. The van der Waals surface area contributed by atoms with Crippen LogP contribution in [0.4, 0.5) is 0 Å². The SMILES string of the molecule is C/C(=N\NC(=O)C(=O)NCc1ccccc1)c1cccs1. The number of carbonyl (C=O) groups excluding carboxylic acids is 2. The number of benzene rings is 1. The van der Waals surface area contributed by atoms with Gasteiger partial charge in [0.15, 0.2) is 0 Å². The smallest absolute Gasteiger partial charge is 0.329 e. The van der Waals surface area contributed by atoms with Crippen molar-refractivity contribution < 1.29 is 9.59 Å². The topological polar surface area (TPSA) is 70.6 Å². The van der Waals surface area contributed by atoms with E-state index in [1.807, 2.05) is 47.8 Å². The van der Waals surface area contributed by atoms with Crippen molar-refractivity contribution >= 4 is 28.9 Å². The minimum atomic E-state index is -0.776. The zero-order chi connectivity index (χ0) is 15.1. The van der Waals surface area contributed by atoms with Gasteiger partial charge in [-0.2, -0.15) is 5.10 Å². The molecular formula is C15H15N3O2S. The first kappa shape index (κ1) is 14.9. The maximum atomic E-state index is 11.6. The van der Waals surface area contributed by atoms with E-state index in [0.717, 1.165) is 10.4 Å². The number of thiophene rings is 1. The van der Waals surface area contributed by atoms with Crippen molar-refractivity contribution in [3.05, 3.63) is 58.3 Å². The van der Waals surface area contributed by atoms with Crippen LogP contribution in [-0.2, 0) is 16.1 Å². The van der Waals surface area contributed by atoms with E-state index < -0.39 is 11.8 Å². The Morgan fingerprint density at radius 2 is 1.86 bits per heavy atom. The summed E-state index contributed by atoms with van der Waals surface area (Å²) in [4.78, 5) is 24.2. The summed E-state index contributed by atoms with van der Waals surface area (Å²) >= 11 is 1.52. The first-order valence-electron chi connectivity index (χ1n) is 6.37. The summed E-state index contributed by atoms with van der Waals surface area (Å²) in [6.07, 6.45) is 0. The first-order chi connectivity index (χ1) is 10.2. The third kappa shape index (κ3) is 4.54. The summed E-state index contributed by atoms with van der Waals surface area (Å²) in [6.45, 7) is 2.08. The van der Waals surface area contributed by atoms with Crippen molar-refractivity contribution in [3.63, 3.8) is 0 Å². The lowest BCUT2D eigenvalue weighted by Gasteiger charge is -2.04. The molecule has 0 unspecified atom stereocenters. The third-order valence-corrected chi connectivity index (χ3v) is 3.68. The molecule has 0 saturated heterocycles. The molecule has 5 nitrogen and oxygen atoms in total. The van der Waals surface area contributed by atoms with Gasteiger partial charge in [-0.25, -0.2) is 5.43 Å². The van der Waals surface area contributed by atoms with Gasteiger partial charge < -0.3 is 5.32 Å². The van der Waals surface area contributed by atoms with Gasteiger partial charge in [-0.1, -0.05) is 36.4 Å². The molecule has 0 spiro atoms. The maximum Gasteiger partial charge on any atom is 0.329 e. The van der Waals surface area contributed by atoms with Crippen LogP contribution in [0.25, 0.3) is 0 Å². The summed E-state index contributed by atoms with van der Waals surface area (Å²) in [7, 11) is 0. The summed E-state index contributed by atoms with van der Waals surface area (Å²) in [6, 6.07) is 13.2. The van der Waals surface area contributed by atoms with Crippen LogP contribution in [0.1, 0.15) is 17.4 Å². The van der Waals surface area contributed by atoms with Gasteiger partial charge in [0.2, 0.25) is 0 Å². The number of rotatable bonds is 4. The molecule has 0 aliphatic heterocycles. The van der Waals surface area contributed by atoms with E-state index in [-0.39, 0.29) is 0 Å². The fourth-order valence-corrected chi connectivity index (χ4v) is 2.26. The van der Waals surface area contributed by atoms with Crippen molar-refractivity contribution in [2.24, 2.45) is 5.10 Å². The number of nitrogens with one attached hydrogen (secondary N) is 2. The van der Waals surface area contributed by atoms with Crippen LogP contribution in [0.5, 0.6) is 0 Å². The van der Waals surface area contributed by atoms with Crippen LogP contribution < -0.4 is 10.7 Å². The fourth-order valence-electron chi connectivity index (χ4n) is 1.58. The number of hydrogen-bond donors (Lipinski definition) is 2. The summed E-state index contributed by atoms with van der Waals surface area (Å²) in [5.41, 5.74) is 3.84. The van der Waals surface area contributed by atoms with Crippen LogP contribution in [0.3, 0.4) is 0 Å². The minimum Gasteiger partial charge on any atom is -0.344 e. The average molecular weight is 301 g/mol. The van der Waals surface area contributed by atoms with E-state index in [4.69, 9.17) is 0 Å². The van der Waals surface area contributed by atoms with Gasteiger partial charge in [0.25, 0.3) is 0 Å². The van der Waals surface area contributed by atoms with Crippen molar-refractivity contribution in [2.75, 3.05) is 0 Å². The van der Waals surface area contributed by atoms with Crippen LogP contribution in [0.2, 0.25) is 0 Å². The van der Waals surface area contributed by atoms with E-state index in [0.29, 0.717) is 12.3 Å². The van der Waals surface area contributed by atoms with Crippen LogP contribution in [-0.4, -0.2) is 17.5 Å². The number of hydrazone groups is 1. The Kier molecular flexibility index (Phi) is 5.22. The van der Waals surface area contributed by atoms with Crippen LogP contribution in [0, 0.1) is 0 Å². The van der Waals surface area contributed by atoms with Gasteiger partial charge in [-0.05, 0) is 23.9 Å². The molecule has 0 aliphatic carbocycles. The van der Waals surface area contributed by atoms with Crippen molar-refractivity contribution in [1.29, 1.82) is 0 Å². The van der Waals surface area contributed by atoms with E-state index >= 15 is 0 Å². The van der Waals surface area contributed by atoms with Gasteiger partial charge in [-0.15, -0.1) is 11.3 Å². The zero-order valence-corrected chi connectivity index (χ0v) is 12.3. The zero-order valence-electron chi connectivity index (χ0n) is 11.5.